The standard InChI is InChI=1S/C18H29NO3/c1-2-3-4-5-6-7-8-13-22-16-11-9-15(10-12-16)14-17(19)18(20)21/h9-12,17H,2-8,13-14,19H2,1H3,(H,20,21)/t17-/m0/s1. The van der Waals surface area contributed by atoms with Crippen LogP contribution in [0.5, 0.6) is 5.75 Å². The van der Waals surface area contributed by atoms with Crippen molar-refractivity contribution in [3.05, 3.63) is 29.8 Å². The molecular weight excluding hydrogens is 278 g/mol. The van der Waals surface area contributed by atoms with Crippen LogP contribution in [0, 0.1) is 0 Å². The van der Waals surface area contributed by atoms with Crippen LogP contribution >= 0.6 is 0 Å². The van der Waals surface area contributed by atoms with Gasteiger partial charge in [-0.25, -0.2) is 0 Å². The number of carbonyl (C=O) groups is 1. The maximum absolute atomic E-state index is 10.7. The van der Waals surface area contributed by atoms with Crippen LogP contribution < -0.4 is 10.5 Å². The summed E-state index contributed by atoms with van der Waals surface area (Å²) in [6.45, 7) is 2.97. The summed E-state index contributed by atoms with van der Waals surface area (Å²) in [6.07, 6.45) is 9.23. The molecule has 0 unspecified atom stereocenters. The van der Waals surface area contributed by atoms with Gasteiger partial charge in [-0.05, 0) is 30.5 Å². The zero-order valence-corrected chi connectivity index (χ0v) is 13.6. The van der Waals surface area contributed by atoms with Gasteiger partial charge in [0.15, 0.2) is 0 Å². The molecule has 0 heterocycles. The summed E-state index contributed by atoms with van der Waals surface area (Å²) in [5.41, 5.74) is 6.43. The Morgan fingerprint density at radius 2 is 1.68 bits per heavy atom. The van der Waals surface area contributed by atoms with Gasteiger partial charge in [0.2, 0.25) is 0 Å². The molecule has 0 bridgehead atoms. The highest BCUT2D eigenvalue weighted by Crippen LogP contribution is 2.14. The van der Waals surface area contributed by atoms with E-state index < -0.39 is 12.0 Å². The van der Waals surface area contributed by atoms with Crippen LogP contribution in [0.15, 0.2) is 24.3 Å². The molecule has 1 atom stereocenters. The van der Waals surface area contributed by atoms with Crippen molar-refractivity contribution < 1.29 is 14.6 Å². The minimum absolute atomic E-state index is 0.341. The van der Waals surface area contributed by atoms with E-state index in [9.17, 15) is 4.79 Å². The van der Waals surface area contributed by atoms with Gasteiger partial charge in [0, 0.05) is 0 Å². The SMILES string of the molecule is CCCCCCCCCOc1ccc(C[C@H](N)C(=O)O)cc1. The number of benzene rings is 1. The number of hydrogen-bond acceptors (Lipinski definition) is 3. The average molecular weight is 307 g/mol. The van der Waals surface area contributed by atoms with Crippen molar-refractivity contribution in [3.63, 3.8) is 0 Å². The molecule has 0 amide bonds. The highest BCUT2D eigenvalue weighted by Gasteiger charge is 2.11. The predicted octanol–water partition coefficient (Wildman–Crippen LogP) is 3.77. The van der Waals surface area contributed by atoms with Crippen molar-refractivity contribution in [1.82, 2.24) is 0 Å². The van der Waals surface area contributed by atoms with E-state index in [0.717, 1.165) is 24.3 Å². The van der Waals surface area contributed by atoms with Crippen LogP contribution in [0.1, 0.15) is 57.4 Å². The third-order valence-electron chi connectivity index (χ3n) is 3.71. The van der Waals surface area contributed by atoms with Crippen LogP contribution in [0.3, 0.4) is 0 Å². The van der Waals surface area contributed by atoms with E-state index in [-0.39, 0.29) is 0 Å². The summed E-state index contributed by atoms with van der Waals surface area (Å²) in [6, 6.07) is 6.67. The Balaban J connectivity index is 2.15. The first-order valence-corrected chi connectivity index (χ1v) is 8.33. The Morgan fingerprint density at radius 3 is 2.27 bits per heavy atom. The number of unbranched alkanes of at least 4 members (excludes halogenated alkanes) is 6. The van der Waals surface area contributed by atoms with Crippen molar-refractivity contribution in [2.45, 2.75) is 64.3 Å². The lowest BCUT2D eigenvalue weighted by Crippen LogP contribution is -2.32. The van der Waals surface area contributed by atoms with E-state index in [1.807, 2.05) is 24.3 Å². The fraction of sp³-hybridized carbons (Fsp3) is 0.611. The number of carboxylic acid groups (broad SMARTS) is 1. The number of rotatable bonds is 12. The minimum atomic E-state index is -0.973. The molecule has 0 aliphatic rings. The lowest BCUT2D eigenvalue weighted by atomic mass is 10.1. The minimum Gasteiger partial charge on any atom is -0.494 e. The number of nitrogens with two attached hydrogens (primary N) is 1. The summed E-state index contributed by atoms with van der Waals surface area (Å²) in [5.74, 6) is -0.141. The van der Waals surface area contributed by atoms with Gasteiger partial charge in [-0.1, -0.05) is 57.6 Å². The molecule has 0 spiro atoms. The third kappa shape index (κ3) is 8.03. The second-order valence-electron chi connectivity index (χ2n) is 5.76. The maximum atomic E-state index is 10.7. The molecule has 1 rings (SSSR count). The monoisotopic (exact) mass is 307 g/mol. The predicted molar refractivity (Wildman–Crippen MR) is 89.2 cm³/mol. The number of hydrogen-bond donors (Lipinski definition) is 2. The molecule has 4 nitrogen and oxygen atoms in total. The molecule has 0 saturated carbocycles. The van der Waals surface area contributed by atoms with Gasteiger partial charge in [0.1, 0.15) is 11.8 Å². The van der Waals surface area contributed by atoms with Gasteiger partial charge in [-0.2, -0.15) is 0 Å². The normalized spacial score (nSPS) is 12.1. The Bertz CT molecular complexity index is 417. The molecule has 0 radical (unpaired) electrons. The summed E-state index contributed by atoms with van der Waals surface area (Å²) >= 11 is 0. The average Bonchev–Trinajstić information content (AvgIpc) is 2.51. The molecule has 1 aromatic carbocycles. The van der Waals surface area contributed by atoms with E-state index in [4.69, 9.17) is 15.6 Å². The molecular formula is C18H29NO3. The third-order valence-corrected chi connectivity index (χ3v) is 3.71. The molecule has 3 N–H and O–H groups in total. The van der Waals surface area contributed by atoms with Crippen LogP contribution in [0.2, 0.25) is 0 Å². The maximum Gasteiger partial charge on any atom is 0.320 e. The first-order chi connectivity index (χ1) is 10.6. The lowest BCUT2D eigenvalue weighted by Gasteiger charge is -2.09. The van der Waals surface area contributed by atoms with E-state index >= 15 is 0 Å². The van der Waals surface area contributed by atoms with Crippen molar-refractivity contribution in [2.75, 3.05) is 6.61 Å². The molecule has 0 saturated heterocycles. The second kappa shape index (κ2) is 11.1. The fourth-order valence-corrected chi connectivity index (χ4v) is 2.31. The van der Waals surface area contributed by atoms with Crippen LogP contribution in [-0.2, 0) is 11.2 Å². The summed E-state index contributed by atoms with van der Waals surface area (Å²) < 4.78 is 5.69. The van der Waals surface area contributed by atoms with E-state index in [0.29, 0.717) is 6.42 Å². The van der Waals surface area contributed by atoms with Gasteiger partial charge in [0.25, 0.3) is 0 Å². The second-order valence-corrected chi connectivity index (χ2v) is 5.76. The summed E-state index contributed by atoms with van der Waals surface area (Å²) in [5, 5.41) is 8.78. The lowest BCUT2D eigenvalue weighted by molar-refractivity contribution is -0.138. The zero-order chi connectivity index (χ0) is 16.2. The van der Waals surface area contributed by atoms with Crippen LogP contribution in [-0.4, -0.2) is 23.7 Å². The first kappa shape index (κ1) is 18.5. The van der Waals surface area contributed by atoms with E-state index in [1.54, 1.807) is 0 Å². The number of ether oxygens (including phenoxy) is 1. The van der Waals surface area contributed by atoms with Crippen LogP contribution in [0.4, 0.5) is 0 Å². The summed E-state index contributed by atoms with van der Waals surface area (Å²) in [7, 11) is 0. The topological polar surface area (TPSA) is 72.5 Å². The Kier molecular flexibility index (Phi) is 9.31. The Morgan fingerprint density at radius 1 is 1.09 bits per heavy atom. The highest BCUT2D eigenvalue weighted by molar-refractivity contribution is 5.73. The van der Waals surface area contributed by atoms with Crippen LogP contribution in [0.25, 0.3) is 0 Å². The molecule has 0 aromatic heterocycles. The van der Waals surface area contributed by atoms with Crippen molar-refractivity contribution in [1.29, 1.82) is 0 Å². The van der Waals surface area contributed by atoms with Crippen molar-refractivity contribution in [3.8, 4) is 5.75 Å². The van der Waals surface area contributed by atoms with Gasteiger partial charge in [0.05, 0.1) is 6.61 Å². The fourth-order valence-electron chi connectivity index (χ4n) is 2.31. The molecule has 4 heteroatoms. The van der Waals surface area contributed by atoms with Gasteiger partial charge < -0.3 is 15.6 Å². The van der Waals surface area contributed by atoms with E-state index in [1.165, 1.54) is 38.5 Å². The van der Waals surface area contributed by atoms with E-state index in [2.05, 4.69) is 6.92 Å². The number of aliphatic carboxylic acids is 1. The van der Waals surface area contributed by atoms with Crippen molar-refractivity contribution >= 4 is 5.97 Å². The Labute approximate surface area is 133 Å². The first-order valence-electron chi connectivity index (χ1n) is 8.33. The largest absolute Gasteiger partial charge is 0.494 e. The quantitative estimate of drug-likeness (QED) is 0.577. The molecule has 0 fully saturated rings. The zero-order valence-electron chi connectivity index (χ0n) is 13.6. The summed E-state index contributed by atoms with van der Waals surface area (Å²) in [4.78, 5) is 10.7. The van der Waals surface area contributed by atoms with Crippen molar-refractivity contribution in [2.24, 2.45) is 5.73 Å². The smallest absolute Gasteiger partial charge is 0.320 e. The molecule has 22 heavy (non-hydrogen) atoms. The van der Waals surface area contributed by atoms with Gasteiger partial charge in [-0.3, -0.25) is 4.79 Å². The van der Waals surface area contributed by atoms with Gasteiger partial charge >= 0.3 is 5.97 Å². The van der Waals surface area contributed by atoms with Gasteiger partial charge in [-0.15, -0.1) is 0 Å². The molecule has 124 valence electrons. The Hall–Kier alpha value is -1.55. The molecule has 0 aliphatic carbocycles. The number of carboxylic acids is 1. The molecule has 0 aliphatic heterocycles. The molecule has 1 aromatic rings. The highest BCUT2D eigenvalue weighted by atomic mass is 16.5.